The maximum atomic E-state index is 13.4. The average Bonchev–Trinajstić information content (AvgIpc) is 2.68. The Morgan fingerprint density at radius 1 is 0.889 bits per heavy atom. The number of ether oxygens (including phenoxy) is 1. The second-order valence-corrected chi connectivity index (χ2v) is 5.99. The highest BCUT2D eigenvalue weighted by atomic mass is 19.3. The molecule has 0 radical (unpaired) electrons. The minimum Gasteiger partial charge on any atom is -0.438 e. The highest BCUT2D eigenvalue weighted by Gasteiger charge is 2.24. The van der Waals surface area contributed by atoms with Crippen LogP contribution in [-0.4, -0.2) is 19.9 Å². The van der Waals surface area contributed by atoms with Gasteiger partial charge in [-0.2, -0.15) is 0 Å². The Morgan fingerprint density at radius 2 is 1.67 bits per heavy atom. The molecule has 0 amide bonds. The fourth-order valence-corrected chi connectivity index (χ4v) is 2.72. The molecule has 2 aromatic carbocycles. The molecule has 2 heterocycles. The Labute approximate surface area is 153 Å². The Morgan fingerprint density at radius 3 is 2.44 bits per heavy atom. The van der Waals surface area contributed by atoms with Gasteiger partial charge in [-0.25, -0.2) is 18.7 Å². The lowest BCUT2D eigenvalue weighted by molar-refractivity contribution is 0.0174. The number of nitrogens with zero attached hydrogens (tertiary/aromatic N) is 4. The van der Waals surface area contributed by atoms with E-state index in [1.807, 2.05) is 18.2 Å². The van der Waals surface area contributed by atoms with Gasteiger partial charge in [0.1, 0.15) is 12.1 Å². The minimum absolute atomic E-state index is 0.0814. The third-order valence-electron chi connectivity index (χ3n) is 4.04. The highest BCUT2D eigenvalue weighted by molar-refractivity contribution is 5.92. The number of halogens is 2. The van der Waals surface area contributed by atoms with Crippen molar-refractivity contribution in [2.45, 2.75) is 12.8 Å². The summed E-state index contributed by atoms with van der Waals surface area (Å²) in [6.07, 6.45) is 6.22. The van der Waals surface area contributed by atoms with E-state index < -0.39 is 5.92 Å². The van der Waals surface area contributed by atoms with Gasteiger partial charge in [-0.15, -0.1) is 0 Å². The van der Waals surface area contributed by atoms with Crippen LogP contribution in [-0.2, 0) is 5.92 Å². The first kappa shape index (κ1) is 17.0. The van der Waals surface area contributed by atoms with E-state index >= 15 is 0 Å². The highest BCUT2D eigenvalue weighted by Crippen LogP contribution is 2.35. The van der Waals surface area contributed by atoms with Crippen molar-refractivity contribution in [3.05, 3.63) is 72.9 Å². The third kappa shape index (κ3) is 3.44. The molecule has 0 N–H and O–H groups in total. The first-order valence-electron chi connectivity index (χ1n) is 8.19. The summed E-state index contributed by atoms with van der Waals surface area (Å²) in [5.41, 5.74) is 2.75. The number of hydrogen-bond acceptors (Lipinski definition) is 5. The number of alkyl halides is 2. The smallest absolute Gasteiger partial charge is 0.270 e. The number of para-hydroxylation sites is 1. The van der Waals surface area contributed by atoms with E-state index in [0.29, 0.717) is 22.7 Å². The topological polar surface area (TPSA) is 60.8 Å². The number of hydrogen-bond donors (Lipinski definition) is 0. The number of aromatic nitrogens is 4. The van der Waals surface area contributed by atoms with Crippen molar-refractivity contribution in [3.8, 4) is 22.8 Å². The van der Waals surface area contributed by atoms with Gasteiger partial charge in [0.25, 0.3) is 5.92 Å². The Bertz CT molecular complexity index is 1090. The van der Waals surface area contributed by atoms with Gasteiger partial charge >= 0.3 is 0 Å². The first-order chi connectivity index (χ1) is 13.0. The van der Waals surface area contributed by atoms with E-state index in [4.69, 9.17) is 4.74 Å². The molecule has 0 aliphatic rings. The molecule has 4 aromatic rings. The van der Waals surface area contributed by atoms with Crippen molar-refractivity contribution >= 4 is 11.0 Å². The van der Waals surface area contributed by atoms with E-state index in [0.717, 1.165) is 18.0 Å². The van der Waals surface area contributed by atoms with E-state index in [9.17, 15) is 8.78 Å². The largest absolute Gasteiger partial charge is 0.438 e. The van der Waals surface area contributed by atoms with Gasteiger partial charge in [-0.1, -0.05) is 12.1 Å². The number of fused-ring (bicyclic) bond motifs is 1. The van der Waals surface area contributed by atoms with Gasteiger partial charge in [0, 0.05) is 36.6 Å². The summed E-state index contributed by atoms with van der Waals surface area (Å²) < 4.78 is 32.6. The van der Waals surface area contributed by atoms with Crippen molar-refractivity contribution in [2.24, 2.45) is 0 Å². The van der Waals surface area contributed by atoms with E-state index in [2.05, 4.69) is 19.9 Å². The maximum Gasteiger partial charge on any atom is 0.270 e. The summed E-state index contributed by atoms with van der Waals surface area (Å²) in [6, 6.07) is 11.2. The van der Waals surface area contributed by atoms with Gasteiger partial charge < -0.3 is 4.74 Å². The van der Waals surface area contributed by atoms with Crippen LogP contribution in [0.25, 0.3) is 22.2 Å². The van der Waals surface area contributed by atoms with E-state index in [-0.39, 0.29) is 5.56 Å². The van der Waals surface area contributed by atoms with Gasteiger partial charge in [-0.3, -0.25) is 9.97 Å². The van der Waals surface area contributed by atoms with Crippen molar-refractivity contribution in [1.29, 1.82) is 0 Å². The Balaban J connectivity index is 1.74. The molecular weight excluding hydrogens is 350 g/mol. The van der Waals surface area contributed by atoms with Crippen molar-refractivity contribution < 1.29 is 13.5 Å². The zero-order valence-electron chi connectivity index (χ0n) is 14.3. The van der Waals surface area contributed by atoms with Crippen LogP contribution in [0.15, 0.2) is 67.4 Å². The zero-order chi connectivity index (χ0) is 18.9. The van der Waals surface area contributed by atoms with Crippen LogP contribution in [0.2, 0.25) is 0 Å². The normalized spacial score (nSPS) is 11.5. The molecule has 0 bridgehead atoms. The van der Waals surface area contributed by atoms with Crippen molar-refractivity contribution in [3.63, 3.8) is 0 Å². The summed E-state index contributed by atoms with van der Waals surface area (Å²) in [4.78, 5) is 17.0. The predicted molar refractivity (Wildman–Crippen MR) is 96.6 cm³/mol. The fraction of sp³-hybridized carbons (Fsp3) is 0.100. The monoisotopic (exact) mass is 364 g/mol. The summed E-state index contributed by atoms with van der Waals surface area (Å²) in [5.74, 6) is -2.20. The molecule has 0 atom stereocenters. The minimum atomic E-state index is -2.90. The molecule has 0 unspecified atom stereocenters. The van der Waals surface area contributed by atoms with E-state index in [1.165, 1.54) is 30.6 Å². The number of benzene rings is 2. The van der Waals surface area contributed by atoms with Crippen LogP contribution in [0.3, 0.4) is 0 Å². The number of rotatable bonds is 4. The summed E-state index contributed by atoms with van der Waals surface area (Å²) in [6.45, 7) is 0.854. The predicted octanol–water partition coefficient (Wildman–Crippen LogP) is 4.99. The zero-order valence-corrected chi connectivity index (χ0v) is 14.3. The summed E-state index contributed by atoms with van der Waals surface area (Å²) in [5, 5.41) is 0. The van der Waals surface area contributed by atoms with Gasteiger partial charge in [0.15, 0.2) is 0 Å². The molecule has 0 saturated carbocycles. The molecule has 5 nitrogen and oxygen atoms in total. The Kier molecular flexibility index (Phi) is 4.19. The third-order valence-corrected chi connectivity index (χ3v) is 4.04. The molecule has 2 aromatic heterocycles. The van der Waals surface area contributed by atoms with Crippen LogP contribution in [0.4, 0.5) is 8.78 Å². The lowest BCUT2D eigenvalue weighted by Gasteiger charge is -2.13. The fourth-order valence-electron chi connectivity index (χ4n) is 2.72. The van der Waals surface area contributed by atoms with E-state index in [1.54, 1.807) is 18.6 Å². The first-order valence-corrected chi connectivity index (χ1v) is 8.19. The van der Waals surface area contributed by atoms with Gasteiger partial charge in [-0.05, 0) is 30.3 Å². The summed E-state index contributed by atoms with van der Waals surface area (Å²) in [7, 11) is 0. The molecule has 134 valence electrons. The van der Waals surface area contributed by atoms with Crippen LogP contribution in [0, 0.1) is 0 Å². The van der Waals surface area contributed by atoms with Gasteiger partial charge in [0.05, 0.1) is 16.6 Å². The maximum absolute atomic E-state index is 13.4. The molecule has 0 fully saturated rings. The summed E-state index contributed by atoms with van der Waals surface area (Å²) >= 11 is 0. The van der Waals surface area contributed by atoms with Crippen LogP contribution in [0.1, 0.15) is 12.5 Å². The average molecular weight is 364 g/mol. The quantitative estimate of drug-likeness (QED) is 0.510. The van der Waals surface area contributed by atoms with Crippen molar-refractivity contribution in [2.75, 3.05) is 0 Å². The van der Waals surface area contributed by atoms with Crippen molar-refractivity contribution in [1.82, 2.24) is 19.9 Å². The standard InChI is InChI=1S/C20H14F2N4O/c1-20(21,22)13-5-7-14(8-6-13)27-19-16(11-23-12-26-19)15-3-2-4-17-18(15)25-10-9-24-17/h2-12H,1H3. The lowest BCUT2D eigenvalue weighted by Crippen LogP contribution is -2.06. The van der Waals surface area contributed by atoms with Gasteiger partial charge in [0.2, 0.25) is 5.88 Å². The molecular formula is C20H14F2N4O. The molecule has 0 spiro atoms. The lowest BCUT2D eigenvalue weighted by atomic mass is 10.1. The molecule has 4 rings (SSSR count). The molecule has 0 aliphatic carbocycles. The van der Waals surface area contributed by atoms with Crippen LogP contribution in [0.5, 0.6) is 11.6 Å². The SMILES string of the molecule is CC(F)(F)c1ccc(Oc2ncncc2-c2cccc3nccnc23)cc1. The second-order valence-electron chi connectivity index (χ2n) is 5.99. The second kappa shape index (κ2) is 6.68. The molecule has 27 heavy (non-hydrogen) atoms. The molecule has 7 heteroatoms. The van der Waals surface area contributed by atoms with Crippen LogP contribution < -0.4 is 4.74 Å². The van der Waals surface area contributed by atoms with Crippen LogP contribution >= 0.6 is 0 Å². The Hall–Kier alpha value is -3.48. The molecule has 0 saturated heterocycles. The molecule has 0 aliphatic heterocycles.